The Hall–Kier alpha value is -2.69. The lowest BCUT2D eigenvalue weighted by Crippen LogP contribution is -1.90. The molecule has 0 bridgehead atoms. The summed E-state index contributed by atoms with van der Waals surface area (Å²) < 4.78 is 17.9. The van der Waals surface area contributed by atoms with Gasteiger partial charge < -0.3 is 18.6 Å². The number of ether oxygens (including phenoxy) is 3. The molecule has 3 rings (SSSR count). The lowest BCUT2D eigenvalue weighted by atomic mass is 10.1. The van der Waals surface area contributed by atoms with Crippen LogP contribution in [0.1, 0.15) is 0 Å². The molecule has 0 saturated carbocycles. The summed E-state index contributed by atoms with van der Waals surface area (Å²) in [5.41, 5.74) is 2.50. The highest BCUT2D eigenvalue weighted by molar-refractivity contribution is 5.72. The number of hydrogen-bond donors (Lipinski definition) is 0. The number of nitrogens with zero attached hydrogens (tertiary/aromatic N) is 2. The molecular formula is C16H16N2O3. The van der Waals surface area contributed by atoms with E-state index in [0.717, 1.165) is 34.2 Å². The quantitative estimate of drug-likeness (QED) is 0.738. The molecule has 0 spiro atoms. The highest BCUT2D eigenvalue weighted by Gasteiger charge is 2.13. The minimum Gasteiger partial charge on any atom is -0.497 e. The molecular weight excluding hydrogens is 268 g/mol. The Kier molecular flexibility index (Phi) is 3.39. The van der Waals surface area contributed by atoms with Crippen molar-refractivity contribution >= 4 is 5.65 Å². The van der Waals surface area contributed by atoms with Gasteiger partial charge in [0.25, 0.3) is 0 Å². The van der Waals surface area contributed by atoms with Gasteiger partial charge in [0.2, 0.25) is 0 Å². The fraction of sp³-hybridized carbons (Fsp3) is 0.188. The zero-order valence-electron chi connectivity index (χ0n) is 12.2. The molecule has 5 heteroatoms. The highest BCUT2D eigenvalue weighted by Crippen LogP contribution is 2.33. The van der Waals surface area contributed by atoms with Gasteiger partial charge in [-0.2, -0.15) is 0 Å². The van der Waals surface area contributed by atoms with E-state index in [1.165, 1.54) is 0 Å². The molecule has 3 aromatic rings. The fourth-order valence-electron chi connectivity index (χ4n) is 2.29. The third-order valence-electron chi connectivity index (χ3n) is 3.35. The van der Waals surface area contributed by atoms with Gasteiger partial charge in [-0.05, 0) is 24.3 Å². The van der Waals surface area contributed by atoms with Crippen LogP contribution in [0.4, 0.5) is 0 Å². The van der Waals surface area contributed by atoms with Crippen LogP contribution < -0.4 is 14.2 Å². The number of pyridine rings is 1. The molecule has 0 amide bonds. The number of imidazole rings is 1. The number of rotatable bonds is 4. The molecule has 108 valence electrons. The van der Waals surface area contributed by atoms with Gasteiger partial charge in [0, 0.05) is 24.0 Å². The highest BCUT2D eigenvalue weighted by atomic mass is 16.5. The van der Waals surface area contributed by atoms with Crippen LogP contribution in [-0.4, -0.2) is 30.7 Å². The minimum absolute atomic E-state index is 0.719. The van der Waals surface area contributed by atoms with Gasteiger partial charge in [-0.25, -0.2) is 4.98 Å². The minimum atomic E-state index is 0.719. The maximum absolute atomic E-state index is 5.43. The Bertz CT molecular complexity index is 780. The van der Waals surface area contributed by atoms with Crippen molar-refractivity contribution in [3.8, 4) is 28.5 Å². The smallest absolute Gasteiger partial charge is 0.180 e. The van der Waals surface area contributed by atoms with Crippen molar-refractivity contribution in [2.24, 2.45) is 0 Å². The van der Waals surface area contributed by atoms with Crippen molar-refractivity contribution in [1.82, 2.24) is 9.38 Å². The summed E-state index contributed by atoms with van der Waals surface area (Å²) in [5.74, 6) is 2.20. The number of methoxy groups -OCH3 is 3. The average molecular weight is 284 g/mol. The average Bonchev–Trinajstić information content (AvgIpc) is 2.97. The van der Waals surface area contributed by atoms with Crippen LogP contribution in [-0.2, 0) is 0 Å². The SMILES string of the molecule is COc1ccc(-c2cn3cccc(OC)c3n2)c(OC)c1. The van der Waals surface area contributed by atoms with E-state index < -0.39 is 0 Å². The summed E-state index contributed by atoms with van der Waals surface area (Å²) >= 11 is 0. The summed E-state index contributed by atoms with van der Waals surface area (Å²) in [6.45, 7) is 0. The normalized spacial score (nSPS) is 10.6. The monoisotopic (exact) mass is 284 g/mol. The molecule has 0 aliphatic heterocycles. The predicted octanol–water partition coefficient (Wildman–Crippen LogP) is 3.03. The van der Waals surface area contributed by atoms with E-state index in [2.05, 4.69) is 4.98 Å². The summed E-state index contributed by atoms with van der Waals surface area (Å²) in [7, 11) is 4.90. The predicted molar refractivity (Wildman–Crippen MR) is 80.3 cm³/mol. The van der Waals surface area contributed by atoms with Gasteiger partial charge in [-0.1, -0.05) is 0 Å². The fourth-order valence-corrected chi connectivity index (χ4v) is 2.29. The number of fused-ring (bicyclic) bond motifs is 1. The van der Waals surface area contributed by atoms with Crippen LogP contribution in [0.3, 0.4) is 0 Å². The van der Waals surface area contributed by atoms with Crippen LogP contribution in [0.2, 0.25) is 0 Å². The molecule has 0 N–H and O–H groups in total. The third-order valence-corrected chi connectivity index (χ3v) is 3.35. The first-order valence-electron chi connectivity index (χ1n) is 6.51. The van der Waals surface area contributed by atoms with Crippen molar-refractivity contribution < 1.29 is 14.2 Å². The van der Waals surface area contributed by atoms with Gasteiger partial charge in [-0.3, -0.25) is 0 Å². The zero-order chi connectivity index (χ0) is 14.8. The molecule has 0 aliphatic carbocycles. The molecule has 5 nitrogen and oxygen atoms in total. The molecule has 2 heterocycles. The Morgan fingerprint density at radius 3 is 2.48 bits per heavy atom. The van der Waals surface area contributed by atoms with Gasteiger partial charge in [0.05, 0.1) is 27.0 Å². The lowest BCUT2D eigenvalue weighted by Gasteiger charge is -2.08. The van der Waals surface area contributed by atoms with E-state index in [0.29, 0.717) is 0 Å². The number of hydrogen-bond acceptors (Lipinski definition) is 4. The molecule has 0 aliphatic rings. The third kappa shape index (κ3) is 2.27. The van der Waals surface area contributed by atoms with Crippen molar-refractivity contribution in [2.75, 3.05) is 21.3 Å². The van der Waals surface area contributed by atoms with Gasteiger partial charge >= 0.3 is 0 Å². The molecule has 0 atom stereocenters. The van der Waals surface area contributed by atoms with Crippen LogP contribution in [0, 0.1) is 0 Å². The molecule has 0 fully saturated rings. The first-order valence-corrected chi connectivity index (χ1v) is 6.51. The molecule has 1 aromatic carbocycles. The second-order valence-corrected chi connectivity index (χ2v) is 4.50. The largest absolute Gasteiger partial charge is 0.497 e. The second-order valence-electron chi connectivity index (χ2n) is 4.50. The van der Waals surface area contributed by atoms with Crippen LogP contribution in [0.5, 0.6) is 17.2 Å². The number of aromatic nitrogens is 2. The van der Waals surface area contributed by atoms with Gasteiger partial charge in [0.1, 0.15) is 11.5 Å². The summed E-state index contributed by atoms with van der Waals surface area (Å²) in [5, 5.41) is 0. The standard InChI is InChI=1S/C16H16N2O3/c1-19-11-6-7-12(15(9-11)21-3)13-10-18-8-4-5-14(20-2)16(18)17-13/h4-10H,1-3H3. The van der Waals surface area contributed by atoms with Crippen molar-refractivity contribution in [3.05, 3.63) is 42.7 Å². The molecule has 2 aromatic heterocycles. The maximum Gasteiger partial charge on any atom is 0.180 e. The molecule has 0 unspecified atom stereocenters. The topological polar surface area (TPSA) is 45.0 Å². The van der Waals surface area contributed by atoms with Crippen LogP contribution in [0.25, 0.3) is 16.9 Å². The van der Waals surface area contributed by atoms with Crippen LogP contribution >= 0.6 is 0 Å². The first-order chi connectivity index (χ1) is 10.3. The Balaban J connectivity index is 2.16. The van der Waals surface area contributed by atoms with Crippen LogP contribution in [0.15, 0.2) is 42.7 Å². The Morgan fingerprint density at radius 1 is 0.952 bits per heavy atom. The van der Waals surface area contributed by atoms with E-state index >= 15 is 0 Å². The molecule has 0 radical (unpaired) electrons. The van der Waals surface area contributed by atoms with E-state index in [-0.39, 0.29) is 0 Å². The van der Waals surface area contributed by atoms with Gasteiger partial charge in [-0.15, -0.1) is 0 Å². The Labute approximate surface area is 122 Å². The lowest BCUT2D eigenvalue weighted by molar-refractivity contribution is 0.395. The summed E-state index contributed by atoms with van der Waals surface area (Å²) in [6, 6.07) is 9.47. The number of benzene rings is 1. The molecule has 21 heavy (non-hydrogen) atoms. The van der Waals surface area contributed by atoms with Crippen molar-refractivity contribution in [3.63, 3.8) is 0 Å². The van der Waals surface area contributed by atoms with E-state index in [1.807, 2.05) is 47.1 Å². The zero-order valence-corrected chi connectivity index (χ0v) is 12.2. The summed E-state index contributed by atoms with van der Waals surface area (Å²) in [6.07, 6.45) is 3.88. The van der Waals surface area contributed by atoms with Gasteiger partial charge in [0.15, 0.2) is 11.4 Å². The van der Waals surface area contributed by atoms with Crippen molar-refractivity contribution in [2.45, 2.75) is 0 Å². The second kappa shape index (κ2) is 5.36. The van der Waals surface area contributed by atoms with E-state index in [4.69, 9.17) is 14.2 Å². The maximum atomic E-state index is 5.43. The van der Waals surface area contributed by atoms with E-state index in [1.54, 1.807) is 21.3 Å². The Morgan fingerprint density at radius 2 is 1.76 bits per heavy atom. The first kappa shape index (κ1) is 13.3. The van der Waals surface area contributed by atoms with E-state index in [9.17, 15) is 0 Å². The molecule has 0 saturated heterocycles. The summed E-state index contributed by atoms with van der Waals surface area (Å²) in [4.78, 5) is 4.64. The van der Waals surface area contributed by atoms with Crippen molar-refractivity contribution in [1.29, 1.82) is 0 Å².